The van der Waals surface area contributed by atoms with Crippen molar-refractivity contribution in [3.05, 3.63) is 34.4 Å². The summed E-state index contributed by atoms with van der Waals surface area (Å²) in [6.07, 6.45) is 2.16. The monoisotopic (exact) mass is 187 g/mol. The molecule has 0 saturated carbocycles. The number of carbonyl (C=O) groups excluding carboxylic acids is 1. The van der Waals surface area contributed by atoms with Crippen molar-refractivity contribution in [3.63, 3.8) is 0 Å². The van der Waals surface area contributed by atoms with Gasteiger partial charge in [0.05, 0.1) is 11.6 Å². The fourth-order valence-electron chi connectivity index (χ4n) is 1.47. The fourth-order valence-corrected chi connectivity index (χ4v) is 1.47. The molecule has 0 unspecified atom stereocenters. The number of rotatable bonds is 3. The van der Waals surface area contributed by atoms with E-state index < -0.39 is 0 Å². The number of aldehydes is 1. The van der Waals surface area contributed by atoms with Gasteiger partial charge in [0, 0.05) is 6.42 Å². The predicted octanol–water partition coefficient (Wildman–Crippen LogP) is 2.31. The van der Waals surface area contributed by atoms with Gasteiger partial charge in [-0.25, -0.2) is 0 Å². The molecule has 0 N–H and O–H groups in total. The normalized spacial score (nSPS) is 9.50. The van der Waals surface area contributed by atoms with Crippen LogP contribution in [0.5, 0.6) is 0 Å². The third-order valence-electron chi connectivity index (χ3n) is 2.44. The molecule has 1 rings (SSSR count). The number of hydrogen-bond acceptors (Lipinski definition) is 2. The van der Waals surface area contributed by atoms with E-state index in [1.165, 1.54) is 5.56 Å². The highest BCUT2D eigenvalue weighted by molar-refractivity contribution is 5.51. The molecule has 0 bridgehead atoms. The summed E-state index contributed by atoms with van der Waals surface area (Å²) < 4.78 is 0. The van der Waals surface area contributed by atoms with E-state index in [2.05, 4.69) is 6.07 Å². The van der Waals surface area contributed by atoms with Crippen LogP contribution < -0.4 is 0 Å². The Morgan fingerprint density at radius 2 is 2.14 bits per heavy atom. The Morgan fingerprint density at radius 1 is 1.43 bits per heavy atom. The van der Waals surface area contributed by atoms with Crippen LogP contribution >= 0.6 is 0 Å². The lowest BCUT2D eigenvalue weighted by atomic mass is 9.97. The zero-order valence-corrected chi connectivity index (χ0v) is 8.50. The second-order valence-electron chi connectivity index (χ2n) is 3.39. The van der Waals surface area contributed by atoms with Gasteiger partial charge >= 0.3 is 0 Å². The first-order valence-corrected chi connectivity index (χ1v) is 4.63. The zero-order chi connectivity index (χ0) is 10.6. The standard InChI is InChI=1S/C12H13NO/c1-9-6-11(8-13)7-12(10(9)2)4-3-5-14/h5-7H,3-4H2,1-2H3. The van der Waals surface area contributed by atoms with Crippen LogP contribution in [0.3, 0.4) is 0 Å². The first-order valence-electron chi connectivity index (χ1n) is 4.63. The van der Waals surface area contributed by atoms with Gasteiger partial charge in [-0.1, -0.05) is 0 Å². The van der Waals surface area contributed by atoms with Gasteiger partial charge in [0.2, 0.25) is 0 Å². The van der Waals surface area contributed by atoms with E-state index in [9.17, 15) is 4.79 Å². The van der Waals surface area contributed by atoms with Gasteiger partial charge < -0.3 is 4.79 Å². The lowest BCUT2D eigenvalue weighted by Gasteiger charge is -2.07. The minimum Gasteiger partial charge on any atom is -0.303 e. The SMILES string of the molecule is Cc1cc(C#N)cc(CCC=O)c1C. The van der Waals surface area contributed by atoms with Gasteiger partial charge in [-0.3, -0.25) is 0 Å². The molecule has 72 valence electrons. The zero-order valence-electron chi connectivity index (χ0n) is 8.50. The summed E-state index contributed by atoms with van der Waals surface area (Å²) in [6.45, 7) is 4.01. The number of benzene rings is 1. The molecule has 0 aliphatic heterocycles. The molecule has 0 heterocycles. The first kappa shape index (κ1) is 10.5. The molecule has 0 aromatic heterocycles. The van der Waals surface area contributed by atoms with E-state index in [4.69, 9.17) is 5.26 Å². The molecule has 0 amide bonds. The summed E-state index contributed by atoms with van der Waals surface area (Å²) in [6, 6.07) is 5.87. The topological polar surface area (TPSA) is 40.9 Å². The quantitative estimate of drug-likeness (QED) is 0.681. The molecule has 0 aliphatic carbocycles. The van der Waals surface area contributed by atoms with E-state index in [0.717, 1.165) is 23.8 Å². The number of carbonyl (C=O) groups is 1. The van der Waals surface area contributed by atoms with Crippen LogP contribution in [0.15, 0.2) is 12.1 Å². The maximum absolute atomic E-state index is 10.3. The second-order valence-corrected chi connectivity index (χ2v) is 3.39. The Balaban J connectivity index is 3.08. The van der Waals surface area contributed by atoms with Crippen LogP contribution in [0.1, 0.15) is 28.7 Å². The van der Waals surface area contributed by atoms with Crippen molar-refractivity contribution in [1.82, 2.24) is 0 Å². The van der Waals surface area contributed by atoms with E-state index in [0.29, 0.717) is 12.0 Å². The molecule has 0 atom stereocenters. The first-order chi connectivity index (χ1) is 6.69. The number of hydrogen-bond donors (Lipinski definition) is 0. The summed E-state index contributed by atoms with van der Waals surface area (Å²) >= 11 is 0. The largest absolute Gasteiger partial charge is 0.303 e. The maximum atomic E-state index is 10.3. The van der Waals surface area contributed by atoms with E-state index in [-0.39, 0.29) is 0 Å². The minimum absolute atomic E-state index is 0.523. The molecule has 2 nitrogen and oxygen atoms in total. The average molecular weight is 187 g/mol. The highest BCUT2D eigenvalue weighted by Gasteiger charge is 2.03. The number of nitrogens with zero attached hydrogens (tertiary/aromatic N) is 1. The smallest absolute Gasteiger partial charge is 0.120 e. The summed E-state index contributed by atoms with van der Waals surface area (Å²) in [7, 11) is 0. The summed E-state index contributed by atoms with van der Waals surface area (Å²) in [5, 5.41) is 8.78. The molecule has 0 radical (unpaired) electrons. The molecule has 0 spiro atoms. The van der Waals surface area contributed by atoms with Crippen molar-refractivity contribution < 1.29 is 4.79 Å². The van der Waals surface area contributed by atoms with Crippen molar-refractivity contribution in [1.29, 1.82) is 5.26 Å². The van der Waals surface area contributed by atoms with Crippen molar-refractivity contribution in [2.75, 3.05) is 0 Å². The van der Waals surface area contributed by atoms with Gasteiger partial charge in [-0.15, -0.1) is 0 Å². The third kappa shape index (κ3) is 2.20. The Morgan fingerprint density at radius 3 is 2.71 bits per heavy atom. The Kier molecular flexibility index (Phi) is 3.41. The summed E-state index contributed by atoms with van der Waals surface area (Å²) in [5.74, 6) is 0. The molecule has 0 saturated heterocycles. The Hall–Kier alpha value is -1.62. The molecule has 1 aromatic rings. The van der Waals surface area contributed by atoms with Gasteiger partial charge in [-0.2, -0.15) is 5.26 Å². The van der Waals surface area contributed by atoms with Crippen molar-refractivity contribution >= 4 is 6.29 Å². The lowest BCUT2D eigenvalue weighted by Crippen LogP contribution is -1.95. The van der Waals surface area contributed by atoms with Crippen molar-refractivity contribution in [2.24, 2.45) is 0 Å². The van der Waals surface area contributed by atoms with Crippen LogP contribution in [0.25, 0.3) is 0 Å². The van der Waals surface area contributed by atoms with E-state index >= 15 is 0 Å². The van der Waals surface area contributed by atoms with Crippen LogP contribution in [0.2, 0.25) is 0 Å². The third-order valence-corrected chi connectivity index (χ3v) is 2.44. The molecule has 2 heteroatoms. The molecule has 0 aliphatic rings. The van der Waals surface area contributed by atoms with Crippen molar-refractivity contribution in [3.8, 4) is 6.07 Å². The highest BCUT2D eigenvalue weighted by atomic mass is 16.1. The van der Waals surface area contributed by atoms with Gasteiger partial charge in [0.15, 0.2) is 0 Å². The number of aryl methyl sites for hydroxylation is 2. The fraction of sp³-hybridized carbons (Fsp3) is 0.333. The molecular weight excluding hydrogens is 174 g/mol. The van der Waals surface area contributed by atoms with Gasteiger partial charge in [0.1, 0.15) is 6.29 Å². The van der Waals surface area contributed by atoms with Crippen LogP contribution in [0, 0.1) is 25.2 Å². The van der Waals surface area contributed by atoms with Crippen LogP contribution in [-0.2, 0) is 11.2 Å². The average Bonchev–Trinajstić information content (AvgIpc) is 2.20. The summed E-state index contributed by atoms with van der Waals surface area (Å²) in [5.41, 5.74) is 4.08. The van der Waals surface area contributed by atoms with E-state index in [1.54, 1.807) is 0 Å². The van der Waals surface area contributed by atoms with Crippen LogP contribution in [-0.4, -0.2) is 6.29 Å². The Labute approximate surface area is 84.2 Å². The highest BCUT2D eigenvalue weighted by Crippen LogP contribution is 2.17. The minimum atomic E-state index is 0.523. The maximum Gasteiger partial charge on any atom is 0.120 e. The lowest BCUT2D eigenvalue weighted by molar-refractivity contribution is -0.107. The Bertz CT molecular complexity index is 388. The summed E-state index contributed by atoms with van der Waals surface area (Å²) in [4.78, 5) is 10.3. The van der Waals surface area contributed by atoms with E-state index in [1.807, 2.05) is 26.0 Å². The second kappa shape index (κ2) is 4.57. The molecule has 14 heavy (non-hydrogen) atoms. The van der Waals surface area contributed by atoms with Crippen LogP contribution in [0.4, 0.5) is 0 Å². The van der Waals surface area contributed by atoms with Gasteiger partial charge in [0.25, 0.3) is 0 Å². The predicted molar refractivity (Wildman–Crippen MR) is 55.0 cm³/mol. The number of nitriles is 1. The van der Waals surface area contributed by atoms with Gasteiger partial charge in [-0.05, 0) is 49.1 Å². The van der Waals surface area contributed by atoms with Crippen molar-refractivity contribution in [2.45, 2.75) is 26.7 Å². The molecule has 1 aromatic carbocycles. The molecule has 0 fully saturated rings. The molecular formula is C12H13NO.